The second kappa shape index (κ2) is 7.23. The Hall–Kier alpha value is -2.76. The van der Waals surface area contributed by atoms with Gasteiger partial charge < -0.3 is 5.32 Å². The molecule has 0 aliphatic rings. The minimum Gasteiger partial charge on any atom is -0.355 e. The monoisotopic (exact) mass is 381 g/mol. The maximum atomic E-state index is 13.1. The molecular weight excluding hydrogens is 369 g/mol. The number of halogens is 2. The van der Waals surface area contributed by atoms with Crippen molar-refractivity contribution < 1.29 is 4.39 Å². The third-order valence-electron chi connectivity index (χ3n) is 3.82. The number of nitrogens with zero attached hydrogens (tertiary/aromatic N) is 2. The fourth-order valence-electron chi connectivity index (χ4n) is 2.51. The Morgan fingerprint density at radius 2 is 1.73 bits per heavy atom. The van der Waals surface area contributed by atoms with E-state index in [1.54, 1.807) is 35.9 Å². The summed E-state index contributed by atoms with van der Waals surface area (Å²) < 4.78 is 13.1. The number of hydrogen-bond acceptors (Lipinski definition) is 4. The molecule has 0 aliphatic carbocycles. The molecule has 3 nitrogen and oxygen atoms in total. The Bertz CT molecular complexity index is 1030. The van der Waals surface area contributed by atoms with E-state index in [9.17, 15) is 4.39 Å². The third-order valence-corrected chi connectivity index (χ3v) is 4.95. The average molecular weight is 382 g/mol. The quantitative estimate of drug-likeness (QED) is 0.444. The second-order valence-corrected chi connectivity index (χ2v) is 6.89. The first-order chi connectivity index (χ1) is 12.7. The smallest absolute Gasteiger partial charge is 0.127 e. The van der Waals surface area contributed by atoms with Crippen molar-refractivity contribution in [3.63, 3.8) is 0 Å². The normalized spacial score (nSPS) is 10.7. The van der Waals surface area contributed by atoms with Crippen LogP contribution in [0.15, 0.2) is 72.4 Å². The maximum absolute atomic E-state index is 13.1. The van der Waals surface area contributed by atoms with Crippen LogP contribution in [0.25, 0.3) is 21.8 Å². The number of thiazole rings is 1. The van der Waals surface area contributed by atoms with Crippen LogP contribution in [0, 0.1) is 5.82 Å². The molecule has 0 saturated carbocycles. The molecule has 26 heavy (non-hydrogen) atoms. The van der Waals surface area contributed by atoms with E-state index < -0.39 is 0 Å². The van der Waals surface area contributed by atoms with E-state index in [2.05, 4.69) is 10.3 Å². The number of rotatable bonds is 4. The van der Waals surface area contributed by atoms with E-state index in [1.807, 2.05) is 35.7 Å². The molecule has 6 heteroatoms. The highest BCUT2D eigenvalue weighted by atomic mass is 35.5. The lowest BCUT2D eigenvalue weighted by Crippen LogP contribution is -1.94. The van der Waals surface area contributed by atoms with Gasteiger partial charge in [-0.2, -0.15) is 0 Å². The first-order valence-electron chi connectivity index (χ1n) is 7.87. The van der Waals surface area contributed by atoms with Crippen molar-refractivity contribution in [2.45, 2.75) is 0 Å². The van der Waals surface area contributed by atoms with E-state index in [1.165, 1.54) is 12.1 Å². The summed E-state index contributed by atoms with van der Waals surface area (Å²) >= 11 is 7.49. The average Bonchev–Trinajstić information content (AvgIpc) is 3.15. The molecule has 0 spiro atoms. The summed E-state index contributed by atoms with van der Waals surface area (Å²) in [7, 11) is 0. The summed E-state index contributed by atoms with van der Waals surface area (Å²) in [5, 5.41) is 6.86. The summed E-state index contributed by atoms with van der Waals surface area (Å²) in [4.78, 5) is 8.95. The molecule has 4 aromatic rings. The number of nitrogens with one attached hydrogen (secondary N) is 1. The molecule has 0 radical (unpaired) electrons. The molecule has 0 saturated heterocycles. The van der Waals surface area contributed by atoms with Crippen molar-refractivity contribution in [1.82, 2.24) is 9.97 Å². The standard InChI is InChI=1S/C20H13ClFN3S/c21-14-3-1-13(2-4-14)19-12-26-20(25-19)17-11-23-10-9-18(17)24-16-7-5-15(22)6-8-16/h1-12H,(H,23,24). The number of aromatic nitrogens is 2. The van der Waals surface area contributed by atoms with Crippen molar-refractivity contribution >= 4 is 34.3 Å². The summed E-state index contributed by atoms with van der Waals surface area (Å²) in [5.41, 5.74) is 4.45. The van der Waals surface area contributed by atoms with Crippen LogP contribution in [-0.2, 0) is 0 Å². The van der Waals surface area contributed by atoms with Crippen LogP contribution in [0.4, 0.5) is 15.8 Å². The molecule has 0 bridgehead atoms. The summed E-state index contributed by atoms with van der Waals surface area (Å²) in [6.07, 6.45) is 3.49. The fourth-order valence-corrected chi connectivity index (χ4v) is 3.49. The molecule has 2 heterocycles. The molecule has 0 amide bonds. The molecule has 0 atom stereocenters. The first kappa shape index (κ1) is 16.7. The molecule has 1 N–H and O–H groups in total. The number of pyridine rings is 1. The Kier molecular flexibility index (Phi) is 4.65. The highest BCUT2D eigenvalue weighted by Crippen LogP contribution is 2.34. The summed E-state index contributed by atoms with van der Waals surface area (Å²) in [6.45, 7) is 0. The lowest BCUT2D eigenvalue weighted by atomic mass is 10.2. The van der Waals surface area contributed by atoms with Crippen molar-refractivity contribution in [1.29, 1.82) is 0 Å². The van der Waals surface area contributed by atoms with Gasteiger partial charge in [0, 0.05) is 34.0 Å². The predicted octanol–water partition coefficient (Wildman–Crippen LogP) is 6.41. The highest BCUT2D eigenvalue weighted by Gasteiger charge is 2.11. The second-order valence-electron chi connectivity index (χ2n) is 5.60. The largest absolute Gasteiger partial charge is 0.355 e. The van der Waals surface area contributed by atoms with Crippen LogP contribution >= 0.6 is 22.9 Å². The Morgan fingerprint density at radius 1 is 0.962 bits per heavy atom. The first-order valence-corrected chi connectivity index (χ1v) is 9.13. The Morgan fingerprint density at radius 3 is 2.50 bits per heavy atom. The van der Waals surface area contributed by atoms with Gasteiger partial charge in [0.25, 0.3) is 0 Å². The van der Waals surface area contributed by atoms with Crippen molar-refractivity contribution in [3.8, 4) is 21.8 Å². The minimum absolute atomic E-state index is 0.266. The van der Waals surface area contributed by atoms with Crippen LogP contribution in [0.1, 0.15) is 0 Å². The zero-order valence-corrected chi connectivity index (χ0v) is 15.1. The molecule has 0 fully saturated rings. The zero-order chi connectivity index (χ0) is 17.9. The van der Waals surface area contributed by atoms with Gasteiger partial charge >= 0.3 is 0 Å². The van der Waals surface area contributed by atoms with Crippen LogP contribution in [0.3, 0.4) is 0 Å². The van der Waals surface area contributed by atoms with Gasteiger partial charge in [0.15, 0.2) is 0 Å². The highest BCUT2D eigenvalue weighted by molar-refractivity contribution is 7.13. The van der Waals surface area contributed by atoms with Crippen molar-refractivity contribution in [2.24, 2.45) is 0 Å². The van der Waals surface area contributed by atoms with Gasteiger partial charge in [0.05, 0.1) is 16.9 Å². The van der Waals surface area contributed by atoms with Crippen LogP contribution in [0.5, 0.6) is 0 Å². The molecule has 0 unspecified atom stereocenters. The van der Waals surface area contributed by atoms with E-state index in [4.69, 9.17) is 16.6 Å². The van der Waals surface area contributed by atoms with Gasteiger partial charge in [-0.15, -0.1) is 11.3 Å². The van der Waals surface area contributed by atoms with E-state index in [0.29, 0.717) is 5.02 Å². The van der Waals surface area contributed by atoms with Gasteiger partial charge in [0.1, 0.15) is 10.8 Å². The predicted molar refractivity (Wildman–Crippen MR) is 105 cm³/mol. The van der Waals surface area contributed by atoms with Gasteiger partial charge in [-0.25, -0.2) is 9.37 Å². The lowest BCUT2D eigenvalue weighted by Gasteiger charge is -2.10. The van der Waals surface area contributed by atoms with E-state index in [0.717, 1.165) is 33.2 Å². The molecular formula is C20H13ClFN3S. The number of hydrogen-bond donors (Lipinski definition) is 1. The minimum atomic E-state index is -0.266. The van der Waals surface area contributed by atoms with Crippen molar-refractivity contribution in [3.05, 3.63) is 83.2 Å². The lowest BCUT2D eigenvalue weighted by molar-refractivity contribution is 0.628. The molecule has 2 aromatic heterocycles. The summed E-state index contributed by atoms with van der Waals surface area (Å²) in [6, 6.07) is 15.7. The topological polar surface area (TPSA) is 37.8 Å². The van der Waals surface area contributed by atoms with E-state index >= 15 is 0 Å². The SMILES string of the molecule is Fc1ccc(Nc2ccncc2-c2nc(-c3ccc(Cl)cc3)cs2)cc1. The van der Waals surface area contributed by atoms with Gasteiger partial charge in [-0.05, 0) is 42.5 Å². The van der Waals surface area contributed by atoms with Gasteiger partial charge in [-0.1, -0.05) is 23.7 Å². The van der Waals surface area contributed by atoms with E-state index in [-0.39, 0.29) is 5.82 Å². The fraction of sp³-hybridized carbons (Fsp3) is 0. The third kappa shape index (κ3) is 3.59. The van der Waals surface area contributed by atoms with Gasteiger partial charge in [-0.3, -0.25) is 4.98 Å². The van der Waals surface area contributed by atoms with Crippen molar-refractivity contribution in [2.75, 3.05) is 5.32 Å². The molecule has 2 aromatic carbocycles. The zero-order valence-electron chi connectivity index (χ0n) is 13.5. The Balaban J connectivity index is 1.66. The molecule has 0 aliphatic heterocycles. The Labute approximate surface area is 159 Å². The molecule has 4 rings (SSSR count). The number of anilines is 2. The molecule has 128 valence electrons. The van der Waals surface area contributed by atoms with Crippen LogP contribution in [-0.4, -0.2) is 9.97 Å². The van der Waals surface area contributed by atoms with Gasteiger partial charge in [0.2, 0.25) is 0 Å². The van der Waals surface area contributed by atoms with Crippen LogP contribution in [0.2, 0.25) is 5.02 Å². The summed E-state index contributed by atoms with van der Waals surface area (Å²) in [5.74, 6) is -0.266. The maximum Gasteiger partial charge on any atom is 0.127 e. The van der Waals surface area contributed by atoms with Crippen LogP contribution < -0.4 is 5.32 Å². The number of benzene rings is 2.